The zero-order valence-corrected chi connectivity index (χ0v) is 15.1. The van der Waals surface area contributed by atoms with Crippen molar-refractivity contribution in [2.75, 3.05) is 5.75 Å². The molecule has 0 bridgehead atoms. The molecule has 1 aliphatic carbocycles. The number of carbonyl (C=O) groups is 1. The maximum absolute atomic E-state index is 10.9. The minimum atomic E-state index is -0.873. The minimum Gasteiger partial charge on any atom is -0.481 e. The van der Waals surface area contributed by atoms with Crippen molar-refractivity contribution in [2.45, 2.75) is 50.1 Å². The van der Waals surface area contributed by atoms with Crippen LogP contribution in [0.25, 0.3) is 0 Å². The third-order valence-corrected chi connectivity index (χ3v) is 5.34. The van der Waals surface area contributed by atoms with E-state index in [4.69, 9.17) is 5.11 Å². The number of nitrogens with zero attached hydrogens (tertiary/aromatic N) is 4. The molecule has 1 aromatic carbocycles. The summed E-state index contributed by atoms with van der Waals surface area (Å²) in [5.74, 6) is 0.261. The number of benzene rings is 1. The van der Waals surface area contributed by atoms with Crippen molar-refractivity contribution in [1.29, 1.82) is 0 Å². The molecule has 25 heavy (non-hydrogen) atoms. The summed E-state index contributed by atoms with van der Waals surface area (Å²) in [6.45, 7) is 2.04. The molecule has 1 heterocycles. The van der Waals surface area contributed by atoms with E-state index < -0.39 is 5.97 Å². The summed E-state index contributed by atoms with van der Waals surface area (Å²) in [6, 6.07) is 8.01. The van der Waals surface area contributed by atoms with Crippen LogP contribution in [-0.2, 0) is 4.79 Å². The number of carboxylic acids is 1. The molecule has 6 nitrogen and oxygen atoms in total. The third kappa shape index (κ3) is 4.48. The number of carboxylic acid groups (broad SMARTS) is 1. The Labute approximate surface area is 151 Å². The van der Waals surface area contributed by atoms with Gasteiger partial charge in [-0.1, -0.05) is 55.3 Å². The van der Waals surface area contributed by atoms with Gasteiger partial charge in [0.15, 0.2) is 5.82 Å². The molecule has 1 aliphatic rings. The van der Waals surface area contributed by atoms with Gasteiger partial charge >= 0.3 is 5.97 Å². The quantitative estimate of drug-likeness (QED) is 0.629. The van der Waals surface area contributed by atoms with Crippen LogP contribution in [0.15, 0.2) is 34.5 Å². The van der Waals surface area contributed by atoms with Gasteiger partial charge < -0.3 is 5.11 Å². The number of aryl methyl sites for hydroxylation is 1. The van der Waals surface area contributed by atoms with Crippen LogP contribution in [0.1, 0.15) is 55.0 Å². The average molecular weight is 358 g/mol. The fourth-order valence-corrected chi connectivity index (χ4v) is 3.68. The standard InChI is InChI=1S/C18H22N4O2S/c1-13-7-5-6-10-15(13)11-19-22-17(14-8-3-2-4-9-14)20-21-18(22)25-12-16(23)24/h5-7,10-11,14H,2-4,8-9,12H2,1H3,(H,23,24)/b19-11-. The molecule has 0 aliphatic heterocycles. The Balaban J connectivity index is 1.91. The van der Waals surface area contributed by atoms with Crippen molar-refractivity contribution in [3.63, 3.8) is 0 Å². The number of hydrogen-bond donors (Lipinski definition) is 1. The second-order valence-corrected chi connectivity index (χ2v) is 7.21. The van der Waals surface area contributed by atoms with Crippen LogP contribution in [0.3, 0.4) is 0 Å². The number of hydrogen-bond acceptors (Lipinski definition) is 5. The van der Waals surface area contributed by atoms with Crippen molar-refractivity contribution < 1.29 is 9.90 Å². The van der Waals surface area contributed by atoms with Crippen molar-refractivity contribution >= 4 is 23.9 Å². The molecular formula is C18H22N4O2S. The van der Waals surface area contributed by atoms with Gasteiger partial charge in [0.2, 0.25) is 5.16 Å². The largest absolute Gasteiger partial charge is 0.481 e. The van der Waals surface area contributed by atoms with Crippen molar-refractivity contribution in [2.24, 2.45) is 5.10 Å². The predicted octanol–water partition coefficient (Wildman–Crippen LogP) is 3.69. The molecule has 1 aromatic heterocycles. The SMILES string of the molecule is Cc1ccccc1/C=N\n1c(SCC(=O)O)nnc1C1CCCCC1. The van der Waals surface area contributed by atoms with Crippen LogP contribution in [0.5, 0.6) is 0 Å². The Morgan fingerprint density at radius 3 is 2.80 bits per heavy atom. The number of aromatic nitrogens is 3. The summed E-state index contributed by atoms with van der Waals surface area (Å²) in [6.07, 6.45) is 7.62. The highest BCUT2D eigenvalue weighted by Gasteiger charge is 2.23. The van der Waals surface area contributed by atoms with Crippen LogP contribution >= 0.6 is 11.8 Å². The first kappa shape index (κ1) is 17.7. The summed E-state index contributed by atoms with van der Waals surface area (Å²) in [5.41, 5.74) is 2.17. The van der Waals surface area contributed by atoms with Gasteiger partial charge in [0, 0.05) is 5.92 Å². The molecule has 132 valence electrons. The summed E-state index contributed by atoms with van der Waals surface area (Å²) in [7, 11) is 0. The second-order valence-electron chi connectivity index (χ2n) is 6.27. The van der Waals surface area contributed by atoms with Crippen LogP contribution < -0.4 is 0 Å². The Bertz CT molecular complexity index is 766. The fraction of sp³-hybridized carbons (Fsp3) is 0.444. The molecule has 7 heteroatoms. The van der Waals surface area contributed by atoms with Crippen molar-refractivity contribution in [3.05, 3.63) is 41.2 Å². The Hall–Kier alpha value is -2.15. The van der Waals surface area contributed by atoms with E-state index in [0.29, 0.717) is 11.1 Å². The van der Waals surface area contributed by atoms with Gasteiger partial charge in [-0.3, -0.25) is 4.79 Å². The fourth-order valence-electron chi connectivity index (χ4n) is 3.07. The highest BCUT2D eigenvalue weighted by Crippen LogP contribution is 2.33. The Kier molecular flexibility index (Phi) is 5.86. The molecule has 3 rings (SSSR count). The summed E-state index contributed by atoms with van der Waals surface area (Å²) >= 11 is 1.16. The first-order chi connectivity index (χ1) is 12.1. The Morgan fingerprint density at radius 2 is 2.08 bits per heavy atom. The number of rotatable bonds is 6. The molecule has 0 radical (unpaired) electrons. The van der Waals surface area contributed by atoms with E-state index >= 15 is 0 Å². The zero-order valence-electron chi connectivity index (χ0n) is 14.3. The van der Waals surface area contributed by atoms with E-state index in [9.17, 15) is 4.79 Å². The lowest BCUT2D eigenvalue weighted by Crippen LogP contribution is -2.11. The highest BCUT2D eigenvalue weighted by molar-refractivity contribution is 7.99. The zero-order chi connectivity index (χ0) is 17.6. The van der Waals surface area contributed by atoms with E-state index in [1.54, 1.807) is 10.9 Å². The lowest BCUT2D eigenvalue weighted by molar-refractivity contribution is -0.133. The van der Waals surface area contributed by atoms with Crippen LogP contribution in [0, 0.1) is 6.92 Å². The summed E-state index contributed by atoms with van der Waals surface area (Å²) in [5, 5.41) is 22.6. The van der Waals surface area contributed by atoms with E-state index in [0.717, 1.165) is 41.6 Å². The van der Waals surface area contributed by atoms with Crippen molar-refractivity contribution in [1.82, 2.24) is 14.9 Å². The number of aliphatic carboxylic acids is 1. The average Bonchev–Trinajstić information content (AvgIpc) is 3.03. The maximum Gasteiger partial charge on any atom is 0.313 e. The lowest BCUT2D eigenvalue weighted by atomic mass is 9.89. The van der Waals surface area contributed by atoms with Crippen LogP contribution in [0.2, 0.25) is 0 Å². The molecule has 1 fully saturated rings. The summed E-state index contributed by atoms with van der Waals surface area (Å²) in [4.78, 5) is 10.9. The second kappa shape index (κ2) is 8.29. The third-order valence-electron chi connectivity index (χ3n) is 4.43. The van der Waals surface area contributed by atoms with Crippen LogP contribution in [0.4, 0.5) is 0 Å². The normalized spacial score (nSPS) is 15.7. The van der Waals surface area contributed by atoms with E-state index in [-0.39, 0.29) is 5.75 Å². The highest BCUT2D eigenvalue weighted by atomic mass is 32.2. The smallest absolute Gasteiger partial charge is 0.313 e. The lowest BCUT2D eigenvalue weighted by Gasteiger charge is -2.20. The first-order valence-corrected chi connectivity index (χ1v) is 9.53. The van der Waals surface area contributed by atoms with Gasteiger partial charge in [0.1, 0.15) is 0 Å². The van der Waals surface area contributed by atoms with E-state index in [1.807, 2.05) is 31.2 Å². The van der Waals surface area contributed by atoms with Crippen LogP contribution in [-0.4, -0.2) is 37.9 Å². The molecular weight excluding hydrogens is 336 g/mol. The molecule has 0 atom stereocenters. The molecule has 0 amide bonds. The molecule has 1 N–H and O–H groups in total. The minimum absolute atomic E-state index is 0.0529. The molecule has 0 saturated heterocycles. The summed E-state index contributed by atoms with van der Waals surface area (Å²) < 4.78 is 1.73. The van der Waals surface area contributed by atoms with E-state index in [1.165, 1.54) is 19.3 Å². The maximum atomic E-state index is 10.9. The van der Waals surface area contributed by atoms with Gasteiger partial charge in [-0.15, -0.1) is 10.2 Å². The van der Waals surface area contributed by atoms with E-state index in [2.05, 4.69) is 15.3 Å². The monoisotopic (exact) mass is 358 g/mol. The predicted molar refractivity (Wildman–Crippen MR) is 98.4 cm³/mol. The topological polar surface area (TPSA) is 80.4 Å². The molecule has 0 unspecified atom stereocenters. The van der Waals surface area contributed by atoms with Gasteiger partial charge in [-0.2, -0.15) is 9.78 Å². The van der Waals surface area contributed by atoms with Gasteiger partial charge in [-0.25, -0.2) is 0 Å². The first-order valence-electron chi connectivity index (χ1n) is 8.55. The van der Waals surface area contributed by atoms with Crippen molar-refractivity contribution in [3.8, 4) is 0 Å². The van der Waals surface area contributed by atoms with Gasteiger partial charge in [-0.05, 0) is 30.9 Å². The van der Waals surface area contributed by atoms with Gasteiger partial charge in [0.25, 0.3) is 0 Å². The number of thioether (sulfide) groups is 1. The Morgan fingerprint density at radius 1 is 1.32 bits per heavy atom. The molecule has 1 saturated carbocycles. The molecule has 2 aromatic rings. The molecule has 0 spiro atoms. The van der Waals surface area contributed by atoms with Gasteiger partial charge in [0.05, 0.1) is 12.0 Å².